The summed E-state index contributed by atoms with van der Waals surface area (Å²) in [5.74, 6) is 1.82. The number of benzene rings is 2. The summed E-state index contributed by atoms with van der Waals surface area (Å²) in [4.78, 5) is 0. The third-order valence-electron chi connectivity index (χ3n) is 5.20. The zero-order valence-corrected chi connectivity index (χ0v) is 22.3. The molecule has 0 heterocycles. The summed E-state index contributed by atoms with van der Waals surface area (Å²) in [6, 6.07) is 16.2. The molecule has 0 aliphatic carbocycles. The molecule has 0 amide bonds. The minimum absolute atomic E-state index is 0. The Labute approximate surface area is 214 Å². The first-order chi connectivity index (χ1) is 15.7. The van der Waals surface area contributed by atoms with Crippen LogP contribution in [-0.4, -0.2) is 17.5 Å². The highest BCUT2D eigenvalue weighted by atomic mass is 79.9. The Balaban J connectivity index is 0.00000544. The normalized spacial score (nSPS) is 10.8. The van der Waals surface area contributed by atoms with E-state index >= 15 is 0 Å². The molecule has 2 aromatic rings. The van der Waals surface area contributed by atoms with E-state index in [2.05, 4.69) is 29.3 Å². The predicted molar refractivity (Wildman–Crippen MR) is 137 cm³/mol. The first-order valence-electron chi connectivity index (χ1n) is 11.9. The van der Waals surface area contributed by atoms with Gasteiger partial charge in [-0.15, -0.1) is 0 Å². The van der Waals surface area contributed by atoms with E-state index in [0.717, 1.165) is 48.6 Å². The van der Waals surface area contributed by atoms with E-state index in [1.807, 2.05) is 36.4 Å². The van der Waals surface area contributed by atoms with Crippen molar-refractivity contribution in [3.8, 4) is 5.75 Å². The Hall–Kier alpha value is -1.86. The Bertz CT molecular complexity index is 797. The fraction of sp³-hybridized carbons (Fsp3) is 0.500. The highest BCUT2D eigenvalue weighted by molar-refractivity contribution is 8.13. The molecule has 0 aromatic heterocycles. The van der Waals surface area contributed by atoms with Crippen molar-refractivity contribution in [2.24, 2.45) is 16.0 Å². The minimum Gasteiger partial charge on any atom is -1.00 e. The molecule has 33 heavy (non-hydrogen) atoms. The number of aryl methyl sites for hydroxylation is 1. The molecule has 2 rings (SSSR count). The number of azo groups is 1. The summed E-state index contributed by atoms with van der Waals surface area (Å²) in [6.07, 6.45) is 12.3. The molecule has 182 valence electrons. The van der Waals surface area contributed by atoms with Crippen molar-refractivity contribution in [2.75, 3.05) is 12.4 Å². The van der Waals surface area contributed by atoms with E-state index in [4.69, 9.17) is 15.9 Å². The summed E-state index contributed by atoms with van der Waals surface area (Å²) < 4.78 is 5.79. The molecule has 0 spiro atoms. The van der Waals surface area contributed by atoms with Gasteiger partial charge in [-0.1, -0.05) is 51.2 Å². The van der Waals surface area contributed by atoms with Crippen LogP contribution in [0.4, 0.5) is 11.4 Å². The van der Waals surface area contributed by atoms with Crippen LogP contribution in [-0.2, 0) is 6.42 Å². The zero-order valence-electron chi connectivity index (χ0n) is 19.8. The average molecular weight is 536 g/mol. The minimum atomic E-state index is 0. The lowest BCUT2D eigenvalue weighted by Crippen LogP contribution is -3.00. The van der Waals surface area contributed by atoms with Gasteiger partial charge in [-0.05, 0) is 85.8 Å². The first-order valence-corrected chi connectivity index (χ1v) is 12.9. The van der Waals surface area contributed by atoms with Crippen LogP contribution in [0.1, 0.15) is 70.3 Å². The van der Waals surface area contributed by atoms with E-state index < -0.39 is 0 Å². The molecule has 0 bridgehead atoms. The van der Waals surface area contributed by atoms with Gasteiger partial charge in [0.05, 0.1) is 18.0 Å². The van der Waals surface area contributed by atoms with Gasteiger partial charge in [-0.2, -0.15) is 10.2 Å². The van der Waals surface area contributed by atoms with Crippen LogP contribution < -0.4 is 32.9 Å². The molecule has 4 N–H and O–H groups in total. The molecule has 0 unspecified atom stereocenters. The van der Waals surface area contributed by atoms with Gasteiger partial charge in [0, 0.05) is 5.75 Å². The highest BCUT2D eigenvalue weighted by Gasteiger charge is 1.99. The van der Waals surface area contributed by atoms with Crippen molar-refractivity contribution in [3.05, 3.63) is 54.1 Å². The lowest BCUT2D eigenvalue weighted by atomic mass is 10.0. The van der Waals surface area contributed by atoms with Gasteiger partial charge in [-0.25, -0.2) is 0 Å². The van der Waals surface area contributed by atoms with Crippen LogP contribution >= 0.6 is 11.8 Å². The largest absolute Gasteiger partial charge is 1.00 e. The van der Waals surface area contributed by atoms with Crippen molar-refractivity contribution in [1.29, 1.82) is 0 Å². The van der Waals surface area contributed by atoms with E-state index in [-0.39, 0.29) is 17.0 Å². The van der Waals surface area contributed by atoms with Crippen LogP contribution in [0, 0.1) is 0 Å². The Morgan fingerprint density at radius 1 is 0.818 bits per heavy atom. The molecule has 0 atom stereocenters. The monoisotopic (exact) mass is 534 g/mol. The van der Waals surface area contributed by atoms with Gasteiger partial charge in [0.1, 0.15) is 5.75 Å². The summed E-state index contributed by atoms with van der Waals surface area (Å²) in [7, 11) is 0. The van der Waals surface area contributed by atoms with Crippen molar-refractivity contribution < 1.29 is 27.1 Å². The molecular weight excluding hydrogens is 496 g/mol. The number of thioether (sulfide) groups is 1. The van der Waals surface area contributed by atoms with Crippen molar-refractivity contribution in [3.63, 3.8) is 0 Å². The number of nitrogens with two attached hydrogens (primary N) is 2. The van der Waals surface area contributed by atoms with E-state index in [0.29, 0.717) is 11.8 Å². The Kier molecular flexibility index (Phi) is 16.4. The number of rotatable bonds is 16. The van der Waals surface area contributed by atoms with Gasteiger partial charge < -0.3 is 21.7 Å². The topological polar surface area (TPSA) is 85.6 Å². The van der Waals surface area contributed by atoms with E-state index in [1.165, 1.54) is 55.9 Å². The van der Waals surface area contributed by atoms with E-state index in [1.54, 1.807) is 0 Å². The van der Waals surface area contributed by atoms with Crippen molar-refractivity contribution in [2.45, 2.75) is 71.1 Å². The molecule has 7 heteroatoms. The molecule has 2 aromatic carbocycles. The molecule has 0 radical (unpaired) electrons. The van der Waals surface area contributed by atoms with Crippen LogP contribution in [0.2, 0.25) is 0 Å². The number of halogens is 1. The summed E-state index contributed by atoms with van der Waals surface area (Å²) in [5.41, 5.74) is 8.51. The van der Waals surface area contributed by atoms with Crippen molar-refractivity contribution in [1.82, 2.24) is 0 Å². The second-order valence-corrected chi connectivity index (χ2v) is 9.21. The number of nitrogens with zero attached hydrogens (tertiary/aromatic N) is 2. The first kappa shape index (κ1) is 29.2. The standard InChI is InChI=1S/C26H38N4OS.BrH/c1-2-3-4-5-6-8-11-22-12-14-23(15-13-22)29-30-24-16-18-25(19-17-24)31-20-9-7-10-21-32-26(27)28;/h12-19H,2-11,20-21H2,1H3,(H3,27,28);1H. The van der Waals surface area contributed by atoms with Crippen LogP contribution in [0.15, 0.2) is 58.8 Å². The number of hydrogen-bond donors (Lipinski definition) is 2. The fourth-order valence-corrected chi connectivity index (χ4v) is 3.91. The second kappa shape index (κ2) is 18.6. The molecule has 5 nitrogen and oxygen atoms in total. The predicted octanol–water partition coefficient (Wildman–Crippen LogP) is 3.37. The van der Waals surface area contributed by atoms with Crippen LogP contribution in [0.3, 0.4) is 0 Å². The second-order valence-electron chi connectivity index (χ2n) is 8.04. The zero-order chi connectivity index (χ0) is 22.9. The maximum Gasteiger partial charge on any atom is 0.299 e. The lowest BCUT2D eigenvalue weighted by molar-refractivity contribution is -0.110. The number of unbranched alkanes of at least 4 members (excludes halogenated alkanes) is 7. The number of ether oxygens (including phenoxy) is 1. The molecule has 0 aliphatic rings. The third kappa shape index (κ3) is 14.1. The summed E-state index contributed by atoms with van der Waals surface area (Å²) >= 11 is 1.51. The quantitative estimate of drug-likeness (QED) is 0.150. The maximum atomic E-state index is 5.79. The SMILES string of the molecule is CCCCCCCCc1ccc(N=Nc2ccc(OCCCCCSC(N)=[NH2+])cc2)cc1.[Br-]. The van der Waals surface area contributed by atoms with E-state index in [9.17, 15) is 0 Å². The molecule has 0 saturated heterocycles. The van der Waals surface area contributed by atoms with Crippen LogP contribution in [0.5, 0.6) is 5.75 Å². The number of amidine groups is 1. The van der Waals surface area contributed by atoms with Crippen molar-refractivity contribution >= 4 is 28.3 Å². The smallest absolute Gasteiger partial charge is 0.299 e. The fourth-order valence-electron chi connectivity index (χ4n) is 3.32. The van der Waals surface area contributed by atoms with Gasteiger partial charge in [0.25, 0.3) is 5.17 Å². The van der Waals surface area contributed by atoms with Gasteiger partial charge in [0.2, 0.25) is 0 Å². The molecular formula is C26H39BrN4OS. The summed E-state index contributed by atoms with van der Waals surface area (Å²) in [5, 5.41) is 14.6. The average Bonchev–Trinajstić information content (AvgIpc) is 2.80. The number of hydrogen-bond acceptors (Lipinski definition) is 4. The summed E-state index contributed by atoms with van der Waals surface area (Å²) in [6.45, 7) is 2.96. The Morgan fingerprint density at radius 2 is 1.39 bits per heavy atom. The maximum absolute atomic E-state index is 5.79. The highest BCUT2D eigenvalue weighted by Crippen LogP contribution is 2.22. The van der Waals surface area contributed by atoms with Gasteiger partial charge in [-0.3, -0.25) is 11.1 Å². The lowest BCUT2D eigenvalue weighted by Gasteiger charge is -2.06. The molecule has 0 aliphatic heterocycles. The Morgan fingerprint density at radius 3 is 2.03 bits per heavy atom. The molecule has 0 fully saturated rings. The van der Waals surface area contributed by atoms with Crippen LogP contribution in [0.25, 0.3) is 0 Å². The third-order valence-corrected chi connectivity index (χ3v) is 6.03. The van der Waals surface area contributed by atoms with Gasteiger partial charge >= 0.3 is 0 Å². The van der Waals surface area contributed by atoms with Gasteiger partial charge in [0.15, 0.2) is 0 Å². The molecule has 0 saturated carbocycles.